The molecule has 2 atom stereocenters. The first kappa shape index (κ1) is 26.6. The molecule has 3 aromatic carbocycles. The van der Waals surface area contributed by atoms with Gasteiger partial charge in [-0.3, -0.25) is 0 Å². The molecule has 0 radical (unpaired) electrons. The summed E-state index contributed by atoms with van der Waals surface area (Å²) in [5, 5.41) is 0. The fraction of sp³-hybridized carbons (Fsp3) is 0.394. The molecule has 2 fully saturated rings. The SMILES string of the molecule is CC1=C(c2cccc(OC3CCCCO3)c2)C(c2ccc(I)cc2F)Oc2ccc(OC3CCCCC3)cc21. The molecule has 1 saturated heterocycles. The Hall–Kier alpha value is -2.58. The maximum absolute atomic E-state index is 15.4. The molecule has 204 valence electrons. The summed E-state index contributed by atoms with van der Waals surface area (Å²) in [6.45, 7) is 2.81. The van der Waals surface area contributed by atoms with Crippen LogP contribution in [0.25, 0.3) is 11.1 Å². The first-order chi connectivity index (χ1) is 19.0. The molecule has 4 nitrogen and oxygen atoms in total. The summed E-state index contributed by atoms with van der Waals surface area (Å²) < 4.78 is 41.2. The first-order valence-electron chi connectivity index (χ1n) is 14.1. The summed E-state index contributed by atoms with van der Waals surface area (Å²) in [5.74, 6) is 2.05. The fourth-order valence-electron chi connectivity index (χ4n) is 5.88. The van der Waals surface area contributed by atoms with Gasteiger partial charge in [0, 0.05) is 26.7 Å². The summed E-state index contributed by atoms with van der Waals surface area (Å²) in [7, 11) is 0. The van der Waals surface area contributed by atoms with Crippen molar-refractivity contribution in [3.63, 3.8) is 0 Å². The van der Waals surface area contributed by atoms with Gasteiger partial charge in [-0.15, -0.1) is 0 Å². The highest BCUT2D eigenvalue weighted by Gasteiger charge is 2.32. The summed E-state index contributed by atoms with van der Waals surface area (Å²) in [4.78, 5) is 0. The van der Waals surface area contributed by atoms with Gasteiger partial charge in [-0.1, -0.05) is 24.6 Å². The minimum absolute atomic E-state index is 0.239. The molecule has 6 heteroatoms. The number of hydrogen-bond donors (Lipinski definition) is 0. The minimum atomic E-state index is -0.596. The lowest BCUT2D eigenvalue weighted by Gasteiger charge is -2.32. The molecule has 2 aliphatic heterocycles. The molecule has 1 aliphatic carbocycles. The smallest absolute Gasteiger partial charge is 0.199 e. The Morgan fingerprint density at radius 3 is 2.46 bits per heavy atom. The second-order valence-corrected chi connectivity index (χ2v) is 11.9. The minimum Gasteiger partial charge on any atom is -0.490 e. The second kappa shape index (κ2) is 11.9. The lowest BCUT2D eigenvalue weighted by Crippen LogP contribution is -2.25. The highest BCUT2D eigenvalue weighted by atomic mass is 127. The van der Waals surface area contributed by atoms with Gasteiger partial charge < -0.3 is 18.9 Å². The van der Waals surface area contributed by atoms with Crippen LogP contribution in [-0.2, 0) is 4.74 Å². The van der Waals surface area contributed by atoms with Crippen molar-refractivity contribution in [1.29, 1.82) is 0 Å². The van der Waals surface area contributed by atoms with Crippen molar-refractivity contribution in [2.75, 3.05) is 6.61 Å². The number of ether oxygens (including phenoxy) is 4. The molecule has 6 rings (SSSR count). The summed E-state index contributed by atoms with van der Waals surface area (Å²) in [5.41, 5.74) is 4.39. The van der Waals surface area contributed by atoms with Crippen LogP contribution in [0, 0.1) is 9.39 Å². The first-order valence-corrected chi connectivity index (χ1v) is 15.2. The van der Waals surface area contributed by atoms with E-state index in [1.165, 1.54) is 19.3 Å². The summed E-state index contributed by atoms with van der Waals surface area (Å²) >= 11 is 2.14. The molecule has 0 spiro atoms. The van der Waals surface area contributed by atoms with Crippen molar-refractivity contribution < 1.29 is 23.3 Å². The van der Waals surface area contributed by atoms with Gasteiger partial charge in [0.1, 0.15) is 23.1 Å². The molecule has 0 bridgehead atoms. The number of benzene rings is 3. The van der Waals surface area contributed by atoms with E-state index in [0.717, 1.165) is 81.8 Å². The number of hydrogen-bond acceptors (Lipinski definition) is 4. The lowest BCUT2D eigenvalue weighted by molar-refractivity contribution is -0.105. The van der Waals surface area contributed by atoms with E-state index >= 15 is 4.39 Å². The zero-order chi connectivity index (χ0) is 26.8. The highest BCUT2D eigenvalue weighted by molar-refractivity contribution is 14.1. The standard InChI is InChI=1S/C33H34FIO4/c1-21-28-20-26(37-24-9-3-2-4-10-24)14-16-30(28)39-33(27-15-13-23(35)19-29(27)34)32(21)22-8-7-11-25(18-22)38-31-12-5-6-17-36-31/h7-8,11,13-16,18-20,24,31,33H,2-6,9-10,12,17H2,1H3. The van der Waals surface area contributed by atoms with Gasteiger partial charge >= 0.3 is 0 Å². The molecule has 3 aromatic rings. The predicted octanol–water partition coefficient (Wildman–Crippen LogP) is 9.11. The average Bonchev–Trinajstić information content (AvgIpc) is 2.95. The van der Waals surface area contributed by atoms with Crippen LogP contribution in [0.4, 0.5) is 4.39 Å². The predicted molar refractivity (Wildman–Crippen MR) is 160 cm³/mol. The van der Waals surface area contributed by atoms with Gasteiger partial charge in [-0.25, -0.2) is 4.39 Å². The second-order valence-electron chi connectivity index (χ2n) is 10.7. The number of halogens is 2. The van der Waals surface area contributed by atoms with E-state index in [4.69, 9.17) is 18.9 Å². The third-order valence-electron chi connectivity index (χ3n) is 7.92. The zero-order valence-corrected chi connectivity index (χ0v) is 24.4. The number of fused-ring (bicyclic) bond motifs is 1. The van der Waals surface area contributed by atoms with Crippen LogP contribution in [0.1, 0.15) is 81.1 Å². The number of allylic oxidation sites excluding steroid dienone is 1. The van der Waals surface area contributed by atoms with E-state index < -0.39 is 6.10 Å². The normalized spacial score (nSPS) is 21.7. The van der Waals surface area contributed by atoms with E-state index in [1.807, 2.05) is 48.5 Å². The fourth-order valence-corrected chi connectivity index (χ4v) is 6.33. The molecule has 0 amide bonds. The molecular formula is C33H34FIO4. The van der Waals surface area contributed by atoms with E-state index in [1.54, 1.807) is 6.07 Å². The van der Waals surface area contributed by atoms with Crippen molar-refractivity contribution in [1.82, 2.24) is 0 Å². The van der Waals surface area contributed by atoms with Crippen LogP contribution < -0.4 is 14.2 Å². The molecular weight excluding hydrogens is 606 g/mol. The van der Waals surface area contributed by atoms with Crippen LogP contribution in [-0.4, -0.2) is 19.0 Å². The quantitative estimate of drug-likeness (QED) is 0.252. The Morgan fingerprint density at radius 1 is 0.846 bits per heavy atom. The van der Waals surface area contributed by atoms with Crippen LogP contribution in [0.15, 0.2) is 60.7 Å². The Morgan fingerprint density at radius 2 is 1.67 bits per heavy atom. The van der Waals surface area contributed by atoms with Gasteiger partial charge in [0.15, 0.2) is 12.4 Å². The largest absolute Gasteiger partial charge is 0.490 e. The molecule has 3 aliphatic rings. The maximum Gasteiger partial charge on any atom is 0.199 e. The lowest BCUT2D eigenvalue weighted by atomic mass is 9.86. The van der Waals surface area contributed by atoms with Gasteiger partial charge in [-0.05, 0) is 122 Å². The number of rotatable bonds is 6. The van der Waals surface area contributed by atoms with Gasteiger partial charge in [-0.2, -0.15) is 0 Å². The highest BCUT2D eigenvalue weighted by Crippen LogP contribution is 2.48. The maximum atomic E-state index is 15.4. The van der Waals surface area contributed by atoms with Crippen LogP contribution >= 0.6 is 22.6 Å². The van der Waals surface area contributed by atoms with Crippen LogP contribution in [0.3, 0.4) is 0 Å². The molecule has 0 aromatic heterocycles. The van der Waals surface area contributed by atoms with Gasteiger partial charge in [0.05, 0.1) is 12.7 Å². The van der Waals surface area contributed by atoms with Crippen molar-refractivity contribution in [3.05, 3.63) is 86.7 Å². The van der Waals surface area contributed by atoms with Crippen molar-refractivity contribution >= 4 is 33.7 Å². The Labute approximate surface area is 243 Å². The Balaban J connectivity index is 1.40. The van der Waals surface area contributed by atoms with Crippen molar-refractivity contribution in [2.45, 2.75) is 76.8 Å². The van der Waals surface area contributed by atoms with Crippen molar-refractivity contribution in [2.24, 2.45) is 0 Å². The topological polar surface area (TPSA) is 36.9 Å². The van der Waals surface area contributed by atoms with E-state index in [-0.39, 0.29) is 18.2 Å². The van der Waals surface area contributed by atoms with Crippen LogP contribution in [0.5, 0.6) is 17.2 Å². The van der Waals surface area contributed by atoms with Crippen molar-refractivity contribution in [3.8, 4) is 17.2 Å². The third-order valence-corrected chi connectivity index (χ3v) is 8.59. The van der Waals surface area contributed by atoms with Gasteiger partial charge in [0.2, 0.25) is 0 Å². The third kappa shape index (κ3) is 5.97. The monoisotopic (exact) mass is 640 g/mol. The molecule has 0 N–H and O–H groups in total. The van der Waals surface area contributed by atoms with Gasteiger partial charge in [0.25, 0.3) is 0 Å². The van der Waals surface area contributed by atoms with E-state index in [9.17, 15) is 0 Å². The summed E-state index contributed by atoms with van der Waals surface area (Å²) in [6, 6.07) is 19.3. The molecule has 2 heterocycles. The molecule has 39 heavy (non-hydrogen) atoms. The summed E-state index contributed by atoms with van der Waals surface area (Å²) in [6.07, 6.45) is 8.38. The molecule has 1 saturated carbocycles. The van der Waals surface area contributed by atoms with Crippen LogP contribution in [0.2, 0.25) is 0 Å². The Bertz CT molecular complexity index is 1360. The molecule has 2 unspecified atom stereocenters. The van der Waals surface area contributed by atoms with E-state index in [2.05, 4.69) is 35.6 Å². The zero-order valence-electron chi connectivity index (χ0n) is 22.3. The average molecular weight is 641 g/mol. The van der Waals surface area contributed by atoms with E-state index in [0.29, 0.717) is 5.56 Å². The Kier molecular flexibility index (Phi) is 8.12.